The van der Waals surface area contributed by atoms with Crippen molar-refractivity contribution in [2.45, 2.75) is 11.8 Å². The fraction of sp³-hybridized carbons (Fsp3) is 0.133. The Bertz CT molecular complexity index is 588. The molecule has 0 fully saturated rings. The molecule has 0 saturated heterocycles. The summed E-state index contributed by atoms with van der Waals surface area (Å²) in [6.07, 6.45) is 0. The molecule has 3 rings (SSSR count). The number of benzene rings is 2. The first-order valence-electron chi connectivity index (χ1n) is 5.94. The van der Waals surface area contributed by atoms with Crippen LogP contribution in [0.1, 0.15) is 5.56 Å². The maximum Gasteiger partial charge on any atom is 0.117 e. The van der Waals surface area contributed by atoms with Crippen molar-refractivity contribution in [1.29, 1.82) is 0 Å². The summed E-state index contributed by atoms with van der Waals surface area (Å²) in [5, 5.41) is 3.38. The van der Waals surface area contributed by atoms with Crippen LogP contribution in [-0.4, -0.2) is 11.6 Å². The quantitative estimate of drug-likeness (QED) is 0.823. The van der Waals surface area contributed by atoms with Gasteiger partial charge in [0.1, 0.15) is 5.84 Å². The Morgan fingerprint density at radius 2 is 1.83 bits per heavy atom. The number of hydrogen-bond acceptors (Lipinski definition) is 3. The standard InChI is InChI=1S/C15H14N2S/c1-11-6-8-12(9-7-11)16-15-10-18-14-5-3-2-4-13(14)17-15/h2-9H,10H2,1H3,(H,16,17). The van der Waals surface area contributed by atoms with Gasteiger partial charge in [0.25, 0.3) is 0 Å². The fourth-order valence-electron chi connectivity index (χ4n) is 1.86. The Hall–Kier alpha value is -1.74. The van der Waals surface area contributed by atoms with Crippen molar-refractivity contribution in [3.8, 4) is 0 Å². The van der Waals surface area contributed by atoms with Gasteiger partial charge in [0, 0.05) is 10.6 Å². The number of rotatable bonds is 1. The molecule has 0 spiro atoms. The van der Waals surface area contributed by atoms with Gasteiger partial charge in [0.05, 0.1) is 11.4 Å². The highest BCUT2D eigenvalue weighted by Crippen LogP contribution is 2.33. The maximum atomic E-state index is 4.65. The van der Waals surface area contributed by atoms with Crippen molar-refractivity contribution in [1.82, 2.24) is 0 Å². The van der Waals surface area contributed by atoms with Crippen molar-refractivity contribution in [3.05, 3.63) is 54.1 Å². The number of hydrogen-bond donors (Lipinski definition) is 1. The number of nitrogens with one attached hydrogen (secondary N) is 1. The summed E-state index contributed by atoms with van der Waals surface area (Å²) in [4.78, 5) is 5.90. The van der Waals surface area contributed by atoms with E-state index in [0.29, 0.717) is 0 Å². The zero-order valence-electron chi connectivity index (χ0n) is 10.2. The van der Waals surface area contributed by atoms with Crippen molar-refractivity contribution in [2.75, 3.05) is 11.1 Å². The maximum absolute atomic E-state index is 4.65. The van der Waals surface area contributed by atoms with Crippen molar-refractivity contribution in [2.24, 2.45) is 4.99 Å². The number of anilines is 1. The van der Waals surface area contributed by atoms with Crippen LogP contribution in [0.25, 0.3) is 0 Å². The lowest BCUT2D eigenvalue weighted by atomic mass is 10.2. The van der Waals surface area contributed by atoms with Crippen LogP contribution in [-0.2, 0) is 0 Å². The zero-order valence-corrected chi connectivity index (χ0v) is 11.0. The van der Waals surface area contributed by atoms with Gasteiger partial charge in [-0.1, -0.05) is 29.8 Å². The number of fused-ring (bicyclic) bond motifs is 1. The number of para-hydroxylation sites is 1. The van der Waals surface area contributed by atoms with Crippen LogP contribution < -0.4 is 5.32 Å². The molecule has 18 heavy (non-hydrogen) atoms. The lowest BCUT2D eigenvalue weighted by Crippen LogP contribution is -2.16. The van der Waals surface area contributed by atoms with E-state index in [1.54, 1.807) is 0 Å². The molecule has 2 aromatic rings. The van der Waals surface area contributed by atoms with Crippen LogP contribution in [0.15, 0.2) is 58.4 Å². The van der Waals surface area contributed by atoms with Gasteiger partial charge in [-0.15, -0.1) is 11.8 Å². The minimum absolute atomic E-state index is 0.894. The summed E-state index contributed by atoms with van der Waals surface area (Å²) >= 11 is 1.83. The van der Waals surface area contributed by atoms with Gasteiger partial charge in [-0.05, 0) is 31.2 Å². The first-order valence-corrected chi connectivity index (χ1v) is 6.93. The van der Waals surface area contributed by atoms with Crippen LogP contribution in [0.3, 0.4) is 0 Å². The molecule has 0 atom stereocenters. The summed E-state index contributed by atoms with van der Waals surface area (Å²) in [5.74, 6) is 1.91. The first-order chi connectivity index (χ1) is 8.81. The molecule has 0 aliphatic carbocycles. The van der Waals surface area contributed by atoms with Gasteiger partial charge in [0.2, 0.25) is 0 Å². The van der Waals surface area contributed by atoms with Crippen LogP contribution in [0.5, 0.6) is 0 Å². The van der Waals surface area contributed by atoms with Gasteiger partial charge in [-0.25, -0.2) is 4.99 Å². The second kappa shape index (κ2) is 4.86. The molecule has 2 aromatic carbocycles. The Morgan fingerprint density at radius 3 is 2.67 bits per heavy atom. The molecule has 1 aliphatic rings. The number of nitrogens with zero attached hydrogens (tertiary/aromatic N) is 1. The van der Waals surface area contributed by atoms with Crippen LogP contribution in [0.4, 0.5) is 11.4 Å². The van der Waals surface area contributed by atoms with Gasteiger partial charge >= 0.3 is 0 Å². The molecule has 1 aliphatic heterocycles. The molecule has 90 valence electrons. The minimum Gasteiger partial charge on any atom is -0.343 e. The van der Waals surface area contributed by atoms with Crippen LogP contribution in [0.2, 0.25) is 0 Å². The molecule has 0 unspecified atom stereocenters. The summed E-state index contributed by atoms with van der Waals surface area (Å²) in [5.41, 5.74) is 3.42. The number of thioether (sulfide) groups is 1. The molecular formula is C15H14N2S. The molecular weight excluding hydrogens is 240 g/mol. The zero-order chi connectivity index (χ0) is 12.4. The Morgan fingerprint density at radius 1 is 1.06 bits per heavy atom. The molecule has 1 heterocycles. The molecule has 3 heteroatoms. The molecule has 0 bridgehead atoms. The van der Waals surface area contributed by atoms with E-state index in [0.717, 1.165) is 23.0 Å². The Balaban J connectivity index is 1.83. The summed E-state index contributed by atoms with van der Waals surface area (Å²) in [6.45, 7) is 2.09. The molecule has 0 aromatic heterocycles. The van der Waals surface area contributed by atoms with Crippen LogP contribution in [0, 0.1) is 6.92 Å². The van der Waals surface area contributed by atoms with E-state index < -0.39 is 0 Å². The summed E-state index contributed by atoms with van der Waals surface area (Å²) in [6, 6.07) is 16.6. The van der Waals surface area contributed by atoms with Crippen molar-refractivity contribution < 1.29 is 0 Å². The van der Waals surface area contributed by atoms with E-state index in [9.17, 15) is 0 Å². The predicted molar refractivity (Wildman–Crippen MR) is 79.1 cm³/mol. The van der Waals surface area contributed by atoms with Gasteiger partial charge in [0.15, 0.2) is 0 Å². The average Bonchev–Trinajstić information content (AvgIpc) is 2.41. The third-order valence-electron chi connectivity index (χ3n) is 2.83. The highest BCUT2D eigenvalue weighted by molar-refractivity contribution is 8.00. The second-order valence-corrected chi connectivity index (χ2v) is 5.32. The number of amidine groups is 1. The minimum atomic E-state index is 0.894. The van der Waals surface area contributed by atoms with E-state index in [1.807, 2.05) is 17.8 Å². The average molecular weight is 254 g/mol. The second-order valence-electron chi connectivity index (χ2n) is 4.31. The number of aryl methyl sites for hydroxylation is 1. The van der Waals surface area contributed by atoms with E-state index in [4.69, 9.17) is 0 Å². The summed E-state index contributed by atoms with van der Waals surface area (Å²) < 4.78 is 0. The molecule has 0 radical (unpaired) electrons. The van der Waals surface area contributed by atoms with E-state index in [1.165, 1.54) is 10.5 Å². The monoisotopic (exact) mass is 254 g/mol. The van der Waals surface area contributed by atoms with E-state index in [2.05, 4.69) is 59.7 Å². The van der Waals surface area contributed by atoms with Gasteiger partial charge in [-0.2, -0.15) is 0 Å². The molecule has 0 saturated carbocycles. The Kier molecular flexibility index (Phi) is 3.07. The predicted octanol–water partition coefficient (Wildman–Crippen LogP) is 4.24. The van der Waals surface area contributed by atoms with Gasteiger partial charge < -0.3 is 5.32 Å². The number of aliphatic imine (C=N–C) groups is 1. The third-order valence-corrected chi connectivity index (χ3v) is 3.90. The highest BCUT2D eigenvalue weighted by Gasteiger charge is 2.11. The molecule has 0 amide bonds. The van der Waals surface area contributed by atoms with E-state index >= 15 is 0 Å². The lowest BCUT2D eigenvalue weighted by molar-refractivity contribution is 1.33. The van der Waals surface area contributed by atoms with Gasteiger partial charge in [-0.3, -0.25) is 0 Å². The van der Waals surface area contributed by atoms with Crippen molar-refractivity contribution >= 4 is 29.0 Å². The van der Waals surface area contributed by atoms with Crippen molar-refractivity contribution in [3.63, 3.8) is 0 Å². The topological polar surface area (TPSA) is 24.4 Å². The fourth-order valence-corrected chi connectivity index (χ4v) is 2.73. The third kappa shape index (κ3) is 2.41. The molecule has 1 N–H and O–H groups in total. The first kappa shape index (κ1) is 11.4. The highest BCUT2D eigenvalue weighted by atomic mass is 32.2. The lowest BCUT2D eigenvalue weighted by Gasteiger charge is -2.16. The largest absolute Gasteiger partial charge is 0.343 e. The smallest absolute Gasteiger partial charge is 0.117 e. The SMILES string of the molecule is Cc1ccc(NC2=Nc3ccccc3SC2)cc1. The van der Waals surface area contributed by atoms with E-state index in [-0.39, 0.29) is 0 Å². The summed E-state index contributed by atoms with van der Waals surface area (Å²) in [7, 11) is 0. The van der Waals surface area contributed by atoms with Crippen LogP contribution >= 0.6 is 11.8 Å². The normalized spacial score (nSPS) is 13.7. The molecule has 2 nitrogen and oxygen atoms in total. The Labute approximate surface area is 111 Å².